The standard InChI is InChI=1S/C14H10FN3OS/c1-2-11(19)16-13-12(9-3-5-10(15)6-4-9)17-14-18(13)7-8-20-14/h2-8H,1H2,(H,16,19). The topological polar surface area (TPSA) is 46.4 Å². The molecule has 2 aromatic heterocycles. The van der Waals surface area contributed by atoms with E-state index < -0.39 is 0 Å². The molecule has 0 spiro atoms. The highest BCUT2D eigenvalue weighted by Gasteiger charge is 2.16. The van der Waals surface area contributed by atoms with Crippen LogP contribution in [0, 0.1) is 5.82 Å². The van der Waals surface area contributed by atoms with Gasteiger partial charge in [-0.3, -0.25) is 9.20 Å². The van der Waals surface area contributed by atoms with Crippen LogP contribution in [0.1, 0.15) is 0 Å². The molecule has 0 aliphatic carbocycles. The number of carbonyl (C=O) groups is 1. The number of hydrogen-bond donors (Lipinski definition) is 1. The summed E-state index contributed by atoms with van der Waals surface area (Å²) in [5.41, 5.74) is 1.34. The number of carbonyl (C=O) groups excluding carboxylic acids is 1. The van der Waals surface area contributed by atoms with Gasteiger partial charge in [0.15, 0.2) is 4.96 Å². The van der Waals surface area contributed by atoms with Crippen molar-refractivity contribution in [3.63, 3.8) is 0 Å². The summed E-state index contributed by atoms with van der Waals surface area (Å²) in [6.07, 6.45) is 3.01. The second kappa shape index (κ2) is 4.90. The van der Waals surface area contributed by atoms with Crippen molar-refractivity contribution in [3.8, 4) is 11.3 Å². The van der Waals surface area contributed by atoms with Gasteiger partial charge in [0.05, 0.1) is 0 Å². The number of benzene rings is 1. The van der Waals surface area contributed by atoms with Crippen molar-refractivity contribution in [1.82, 2.24) is 9.38 Å². The number of rotatable bonds is 3. The minimum absolute atomic E-state index is 0.313. The molecule has 0 atom stereocenters. The molecule has 0 bridgehead atoms. The maximum Gasteiger partial charge on any atom is 0.248 e. The van der Waals surface area contributed by atoms with Crippen molar-refractivity contribution in [2.24, 2.45) is 0 Å². The van der Waals surface area contributed by atoms with Crippen LogP contribution in [0.25, 0.3) is 16.2 Å². The molecule has 100 valence electrons. The van der Waals surface area contributed by atoms with E-state index in [1.807, 2.05) is 11.6 Å². The summed E-state index contributed by atoms with van der Waals surface area (Å²) in [6.45, 7) is 3.43. The molecular formula is C14H10FN3OS. The first-order valence-corrected chi connectivity index (χ1v) is 6.72. The van der Waals surface area contributed by atoms with Gasteiger partial charge >= 0.3 is 0 Å². The lowest BCUT2D eigenvalue weighted by atomic mass is 10.1. The van der Waals surface area contributed by atoms with E-state index in [-0.39, 0.29) is 11.7 Å². The fraction of sp³-hybridized carbons (Fsp3) is 0. The van der Waals surface area contributed by atoms with Gasteiger partial charge in [0.2, 0.25) is 5.91 Å². The molecule has 0 aliphatic rings. The number of hydrogen-bond acceptors (Lipinski definition) is 3. The van der Waals surface area contributed by atoms with Crippen molar-refractivity contribution in [2.45, 2.75) is 0 Å². The van der Waals surface area contributed by atoms with Crippen molar-refractivity contribution >= 4 is 28.0 Å². The van der Waals surface area contributed by atoms with Crippen LogP contribution in [-0.4, -0.2) is 15.3 Å². The SMILES string of the molecule is C=CC(=O)Nc1c(-c2ccc(F)cc2)nc2sccn12. The smallest absolute Gasteiger partial charge is 0.248 e. The first-order chi connectivity index (χ1) is 9.69. The van der Waals surface area contributed by atoms with Gasteiger partial charge in [0.25, 0.3) is 0 Å². The second-order valence-corrected chi connectivity index (χ2v) is 4.94. The second-order valence-electron chi connectivity index (χ2n) is 4.06. The van der Waals surface area contributed by atoms with Gasteiger partial charge in [-0.1, -0.05) is 6.58 Å². The predicted molar refractivity (Wildman–Crippen MR) is 77.3 cm³/mol. The highest BCUT2D eigenvalue weighted by atomic mass is 32.1. The normalized spacial score (nSPS) is 10.7. The summed E-state index contributed by atoms with van der Waals surface area (Å²) in [4.78, 5) is 16.8. The van der Waals surface area contributed by atoms with E-state index in [1.54, 1.807) is 16.5 Å². The molecule has 0 aliphatic heterocycles. The monoisotopic (exact) mass is 287 g/mol. The number of imidazole rings is 1. The quantitative estimate of drug-likeness (QED) is 0.751. The van der Waals surface area contributed by atoms with Gasteiger partial charge in [-0.15, -0.1) is 11.3 Å². The molecule has 2 heterocycles. The Labute approximate surface area is 118 Å². The van der Waals surface area contributed by atoms with Crippen LogP contribution in [0.4, 0.5) is 10.2 Å². The van der Waals surface area contributed by atoms with Gasteiger partial charge in [-0.05, 0) is 30.3 Å². The van der Waals surface area contributed by atoms with Gasteiger partial charge < -0.3 is 5.32 Å². The molecule has 4 nitrogen and oxygen atoms in total. The fourth-order valence-corrected chi connectivity index (χ4v) is 2.60. The van der Waals surface area contributed by atoms with E-state index in [0.717, 1.165) is 10.5 Å². The van der Waals surface area contributed by atoms with Gasteiger partial charge in [-0.25, -0.2) is 9.37 Å². The van der Waals surface area contributed by atoms with Crippen LogP contribution in [-0.2, 0) is 4.79 Å². The molecule has 3 aromatic rings. The first kappa shape index (κ1) is 12.6. The molecule has 0 saturated heterocycles. The van der Waals surface area contributed by atoms with Crippen LogP contribution in [0.3, 0.4) is 0 Å². The van der Waals surface area contributed by atoms with Crippen LogP contribution in [0.2, 0.25) is 0 Å². The average Bonchev–Trinajstić information content (AvgIpc) is 3.02. The minimum atomic E-state index is -0.318. The van der Waals surface area contributed by atoms with Gasteiger partial charge in [0, 0.05) is 17.1 Å². The minimum Gasteiger partial charge on any atom is -0.306 e. The largest absolute Gasteiger partial charge is 0.306 e. The number of thiazole rings is 1. The number of anilines is 1. The van der Waals surface area contributed by atoms with E-state index in [1.165, 1.54) is 29.5 Å². The van der Waals surface area contributed by atoms with Crippen LogP contribution in [0.15, 0.2) is 48.5 Å². The summed E-state index contributed by atoms with van der Waals surface area (Å²) in [6, 6.07) is 5.99. The maximum absolute atomic E-state index is 13.0. The third kappa shape index (κ3) is 2.10. The number of nitrogens with one attached hydrogen (secondary N) is 1. The van der Waals surface area contributed by atoms with E-state index in [9.17, 15) is 9.18 Å². The Kier molecular flexibility index (Phi) is 3.08. The molecule has 20 heavy (non-hydrogen) atoms. The maximum atomic E-state index is 13.0. The number of fused-ring (bicyclic) bond motifs is 1. The van der Waals surface area contributed by atoms with Crippen molar-refractivity contribution in [2.75, 3.05) is 5.32 Å². The number of amides is 1. The molecule has 0 unspecified atom stereocenters. The highest BCUT2D eigenvalue weighted by molar-refractivity contribution is 7.15. The highest BCUT2D eigenvalue weighted by Crippen LogP contribution is 2.30. The van der Waals surface area contributed by atoms with Crippen LogP contribution in [0.5, 0.6) is 0 Å². The molecular weight excluding hydrogens is 277 g/mol. The molecule has 6 heteroatoms. The van der Waals surface area contributed by atoms with Crippen molar-refractivity contribution in [1.29, 1.82) is 0 Å². The molecule has 1 amide bonds. The molecule has 1 aromatic carbocycles. The van der Waals surface area contributed by atoms with Crippen molar-refractivity contribution < 1.29 is 9.18 Å². The Morgan fingerprint density at radius 2 is 2.15 bits per heavy atom. The molecule has 0 fully saturated rings. The fourth-order valence-electron chi connectivity index (χ4n) is 1.88. The van der Waals surface area contributed by atoms with Gasteiger partial charge in [-0.2, -0.15) is 0 Å². The lowest BCUT2D eigenvalue weighted by Gasteiger charge is -2.04. The number of aromatic nitrogens is 2. The Balaban J connectivity index is 2.16. The Morgan fingerprint density at radius 1 is 1.40 bits per heavy atom. The van der Waals surface area contributed by atoms with E-state index in [0.29, 0.717) is 11.5 Å². The van der Waals surface area contributed by atoms with Crippen LogP contribution >= 0.6 is 11.3 Å². The summed E-state index contributed by atoms with van der Waals surface area (Å²) >= 11 is 1.46. The zero-order valence-corrected chi connectivity index (χ0v) is 11.2. The zero-order valence-electron chi connectivity index (χ0n) is 10.3. The van der Waals surface area contributed by atoms with E-state index >= 15 is 0 Å². The molecule has 1 N–H and O–H groups in total. The number of nitrogens with zero attached hydrogens (tertiary/aromatic N) is 2. The zero-order chi connectivity index (χ0) is 14.1. The average molecular weight is 287 g/mol. The third-order valence-electron chi connectivity index (χ3n) is 2.81. The summed E-state index contributed by atoms with van der Waals surface area (Å²) < 4.78 is 14.8. The molecule has 3 rings (SSSR count). The third-order valence-corrected chi connectivity index (χ3v) is 3.56. The van der Waals surface area contributed by atoms with E-state index in [4.69, 9.17) is 0 Å². The molecule has 0 radical (unpaired) electrons. The predicted octanol–water partition coefficient (Wildman–Crippen LogP) is 3.33. The lowest BCUT2D eigenvalue weighted by Crippen LogP contribution is -2.09. The Hall–Kier alpha value is -2.47. The van der Waals surface area contributed by atoms with Crippen LogP contribution < -0.4 is 5.32 Å². The molecule has 0 saturated carbocycles. The Morgan fingerprint density at radius 3 is 2.85 bits per heavy atom. The number of halogens is 1. The Bertz CT molecular complexity index is 788. The van der Waals surface area contributed by atoms with Gasteiger partial charge in [0.1, 0.15) is 17.3 Å². The van der Waals surface area contributed by atoms with Crippen molar-refractivity contribution in [3.05, 3.63) is 54.3 Å². The lowest BCUT2D eigenvalue weighted by molar-refractivity contribution is -0.111. The van der Waals surface area contributed by atoms with E-state index in [2.05, 4.69) is 16.9 Å². The summed E-state index contributed by atoms with van der Waals surface area (Å²) in [7, 11) is 0. The summed E-state index contributed by atoms with van der Waals surface area (Å²) in [5.74, 6) is -0.0782. The summed E-state index contributed by atoms with van der Waals surface area (Å²) in [5, 5.41) is 4.61. The first-order valence-electron chi connectivity index (χ1n) is 5.84.